The summed E-state index contributed by atoms with van der Waals surface area (Å²) in [4.78, 5) is 6.91. The van der Waals surface area contributed by atoms with Gasteiger partial charge in [0.1, 0.15) is 5.75 Å². The van der Waals surface area contributed by atoms with Crippen LogP contribution in [-0.4, -0.2) is 41.2 Å². The van der Waals surface area contributed by atoms with E-state index in [1.807, 2.05) is 24.3 Å². The Morgan fingerprint density at radius 3 is 2.96 bits per heavy atom. The van der Waals surface area contributed by atoms with Gasteiger partial charge in [0.15, 0.2) is 0 Å². The minimum Gasteiger partial charge on any atom is -0.497 e. The number of fused-ring (bicyclic) bond motifs is 4. The molecule has 0 saturated carbocycles. The number of hydrogen-bond donors (Lipinski definition) is 1. The van der Waals surface area contributed by atoms with E-state index in [1.165, 1.54) is 6.42 Å². The molecule has 2 aromatic rings. The van der Waals surface area contributed by atoms with Crippen molar-refractivity contribution < 1.29 is 9.84 Å². The Kier molecular flexibility index (Phi) is 4.48. The van der Waals surface area contributed by atoms with Crippen molar-refractivity contribution in [3.05, 3.63) is 48.2 Å². The normalized spacial score (nSPS) is 30.0. The lowest BCUT2D eigenvalue weighted by molar-refractivity contribution is -0.0445. The van der Waals surface area contributed by atoms with Crippen LogP contribution in [0.2, 0.25) is 0 Å². The Morgan fingerprint density at radius 1 is 1.36 bits per heavy atom. The number of methoxy groups -OCH3 is 1. The second kappa shape index (κ2) is 6.77. The Hall–Kier alpha value is -1.91. The van der Waals surface area contributed by atoms with Gasteiger partial charge < -0.3 is 9.84 Å². The van der Waals surface area contributed by atoms with Gasteiger partial charge in [0, 0.05) is 24.2 Å². The highest BCUT2D eigenvalue weighted by Crippen LogP contribution is 2.42. The van der Waals surface area contributed by atoms with E-state index in [0.717, 1.165) is 41.7 Å². The Morgan fingerprint density at radius 2 is 2.24 bits per heavy atom. The van der Waals surface area contributed by atoms with E-state index in [-0.39, 0.29) is 6.04 Å². The molecular weight excluding hydrogens is 312 g/mol. The third kappa shape index (κ3) is 2.94. The van der Waals surface area contributed by atoms with E-state index in [2.05, 4.69) is 29.0 Å². The maximum atomic E-state index is 11.2. The average molecular weight is 338 g/mol. The van der Waals surface area contributed by atoms with Crippen molar-refractivity contribution in [1.29, 1.82) is 0 Å². The predicted octanol–water partition coefficient (Wildman–Crippen LogP) is 3.56. The summed E-state index contributed by atoms with van der Waals surface area (Å²) in [5, 5.41) is 12.2. The predicted molar refractivity (Wildman–Crippen MR) is 99.6 cm³/mol. The van der Waals surface area contributed by atoms with Crippen molar-refractivity contribution in [2.75, 3.05) is 20.2 Å². The van der Waals surface area contributed by atoms with Crippen LogP contribution in [0.1, 0.15) is 31.4 Å². The molecule has 0 amide bonds. The number of aliphatic hydroxyl groups is 1. The number of pyridine rings is 1. The Bertz CT molecular complexity index is 789. The van der Waals surface area contributed by atoms with Gasteiger partial charge in [-0.3, -0.25) is 9.88 Å². The van der Waals surface area contributed by atoms with Gasteiger partial charge in [-0.2, -0.15) is 0 Å². The monoisotopic (exact) mass is 338 g/mol. The second-order valence-electron chi connectivity index (χ2n) is 7.26. The van der Waals surface area contributed by atoms with Gasteiger partial charge in [0.2, 0.25) is 0 Å². The number of ether oxygens (including phenoxy) is 1. The van der Waals surface area contributed by atoms with Crippen LogP contribution < -0.4 is 4.74 Å². The van der Waals surface area contributed by atoms with Crippen LogP contribution in [0, 0.1) is 11.8 Å². The van der Waals surface area contributed by atoms with Crippen molar-refractivity contribution >= 4 is 10.9 Å². The maximum Gasteiger partial charge on any atom is 0.119 e. The number of piperidine rings is 3. The lowest BCUT2D eigenvalue weighted by atomic mass is 9.73. The molecule has 2 bridgehead atoms. The van der Waals surface area contributed by atoms with Crippen LogP contribution >= 0.6 is 0 Å². The van der Waals surface area contributed by atoms with E-state index >= 15 is 0 Å². The molecule has 3 aliphatic rings. The summed E-state index contributed by atoms with van der Waals surface area (Å²) in [5.74, 6) is 2.12. The SMILES string of the molecule is CC=CC1CN2CC[C@H]1C[C@H]2[C@H](O)c1ccnc2ccc(OC)cc12. The van der Waals surface area contributed by atoms with Crippen LogP contribution in [0.5, 0.6) is 5.75 Å². The molecule has 132 valence electrons. The van der Waals surface area contributed by atoms with E-state index in [9.17, 15) is 5.11 Å². The number of benzene rings is 1. The molecule has 1 aromatic carbocycles. The summed E-state index contributed by atoms with van der Waals surface area (Å²) < 4.78 is 5.37. The van der Waals surface area contributed by atoms with E-state index in [1.54, 1.807) is 13.3 Å². The number of hydrogen-bond acceptors (Lipinski definition) is 4. The number of nitrogens with zero attached hydrogens (tertiary/aromatic N) is 2. The van der Waals surface area contributed by atoms with E-state index in [4.69, 9.17) is 4.74 Å². The molecule has 1 N–H and O–H groups in total. The summed E-state index contributed by atoms with van der Waals surface area (Å²) in [7, 11) is 1.67. The Balaban J connectivity index is 1.66. The van der Waals surface area contributed by atoms with Crippen LogP contribution in [0.4, 0.5) is 0 Å². The lowest BCUT2D eigenvalue weighted by Gasteiger charge is -2.50. The van der Waals surface area contributed by atoms with Crippen molar-refractivity contribution in [2.24, 2.45) is 11.8 Å². The summed E-state index contributed by atoms with van der Waals surface area (Å²) in [6.07, 6.45) is 8.11. The first kappa shape index (κ1) is 16.6. The van der Waals surface area contributed by atoms with Crippen LogP contribution in [-0.2, 0) is 0 Å². The minimum atomic E-state index is -0.494. The molecule has 0 radical (unpaired) electrons. The van der Waals surface area contributed by atoms with Crippen molar-refractivity contribution in [2.45, 2.75) is 31.9 Å². The third-order valence-electron chi connectivity index (χ3n) is 5.96. The largest absolute Gasteiger partial charge is 0.497 e. The van der Waals surface area contributed by atoms with Gasteiger partial charge in [-0.05, 0) is 68.0 Å². The Labute approximate surface area is 149 Å². The van der Waals surface area contributed by atoms with Crippen LogP contribution in [0.3, 0.4) is 0 Å². The fourth-order valence-corrected chi connectivity index (χ4v) is 4.64. The topological polar surface area (TPSA) is 45.6 Å². The average Bonchev–Trinajstić information content (AvgIpc) is 2.67. The lowest BCUT2D eigenvalue weighted by Crippen LogP contribution is -2.54. The summed E-state index contributed by atoms with van der Waals surface area (Å²) >= 11 is 0. The third-order valence-corrected chi connectivity index (χ3v) is 5.96. The zero-order chi connectivity index (χ0) is 17.4. The molecule has 4 heterocycles. The molecule has 4 nitrogen and oxygen atoms in total. The first-order valence-electron chi connectivity index (χ1n) is 9.19. The maximum absolute atomic E-state index is 11.2. The summed E-state index contributed by atoms with van der Waals surface area (Å²) in [6, 6.07) is 8.01. The second-order valence-corrected chi connectivity index (χ2v) is 7.26. The van der Waals surface area contributed by atoms with E-state index < -0.39 is 6.10 Å². The molecule has 3 saturated heterocycles. The summed E-state index contributed by atoms with van der Waals surface area (Å²) in [5.41, 5.74) is 1.86. The zero-order valence-electron chi connectivity index (χ0n) is 14.9. The number of rotatable bonds is 4. The van der Waals surface area contributed by atoms with Crippen molar-refractivity contribution in [3.63, 3.8) is 0 Å². The van der Waals surface area contributed by atoms with Crippen molar-refractivity contribution in [3.8, 4) is 5.75 Å². The molecule has 5 atom stereocenters. The highest BCUT2D eigenvalue weighted by atomic mass is 16.5. The van der Waals surface area contributed by atoms with Crippen molar-refractivity contribution in [1.82, 2.24) is 9.88 Å². The molecule has 1 aromatic heterocycles. The quantitative estimate of drug-likeness (QED) is 0.866. The number of aliphatic hydroxyl groups excluding tert-OH is 1. The van der Waals surface area contributed by atoms with Gasteiger partial charge in [-0.1, -0.05) is 12.2 Å². The molecule has 4 heteroatoms. The molecule has 25 heavy (non-hydrogen) atoms. The number of aromatic nitrogens is 1. The fraction of sp³-hybridized carbons (Fsp3) is 0.476. The standard InChI is InChI=1S/C21H26N2O2/c1-3-4-15-13-23-10-8-14(15)11-20(23)21(24)17-7-9-22-19-6-5-16(25-2)12-18(17)19/h3-7,9,12,14-15,20-21,24H,8,10-11,13H2,1-2H3/t14-,15?,20-,21+/m0/s1. The van der Waals surface area contributed by atoms with Crippen LogP contribution in [0.25, 0.3) is 10.9 Å². The molecule has 3 aliphatic heterocycles. The first-order valence-corrected chi connectivity index (χ1v) is 9.19. The molecular formula is C21H26N2O2. The van der Waals surface area contributed by atoms with Gasteiger partial charge in [-0.25, -0.2) is 0 Å². The van der Waals surface area contributed by atoms with Gasteiger partial charge >= 0.3 is 0 Å². The molecule has 0 spiro atoms. The molecule has 3 fully saturated rings. The number of allylic oxidation sites excluding steroid dienone is 1. The molecule has 5 rings (SSSR count). The van der Waals surface area contributed by atoms with E-state index in [0.29, 0.717) is 11.8 Å². The summed E-state index contributed by atoms with van der Waals surface area (Å²) in [6.45, 7) is 4.25. The first-order chi connectivity index (χ1) is 12.2. The van der Waals surface area contributed by atoms with Gasteiger partial charge in [-0.15, -0.1) is 0 Å². The highest BCUT2D eigenvalue weighted by molar-refractivity contribution is 5.83. The minimum absolute atomic E-state index is 0.192. The molecule has 2 unspecified atom stereocenters. The van der Waals surface area contributed by atoms with Gasteiger partial charge in [0.05, 0.1) is 18.7 Å². The smallest absolute Gasteiger partial charge is 0.119 e. The van der Waals surface area contributed by atoms with Crippen LogP contribution in [0.15, 0.2) is 42.6 Å². The van der Waals surface area contributed by atoms with Gasteiger partial charge in [0.25, 0.3) is 0 Å². The fourth-order valence-electron chi connectivity index (χ4n) is 4.64. The zero-order valence-corrected chi connectivity index (χ0v) is 14.9. The molecule has 0 aliphatic carbocycles. The highest BCUT2D eigenvalue weighted by Gasteiger charge is 2.42.